The van der Waals surface area contributed by atoms with Gasteiger partial charge in [0, 0.05) is 36.0 Å². The Kier molecular flexibility index (Phi) is 1.96. The van der Waals surface area contributed by atoms with E-state index in [-0.39, 0.29) is 0 Å². The van der Waals surface area contributed by atoms with Crippen molar-refractivity contribution in [3.8, 4) is 5.88 Å². The van der Waals surface area contributed by atoms with Gasteiger partial charge in [-0.3, -0.25) is 0 Å². The van der Waals surface area contributed by atoms with Gasteiger partial charge < -0.3 is 24.8 Å². The number of hydrogen-bond acceptors (Lipinski definition) is 8. The highest BCUT2D eigenvalue weighted by molar-refractivity contribution is 6.99. The number of rotatable bonds is 6. The Morgan fingerprint density at radius 2 is 2.43 bits per heavy atom. The molecule has 0 aromatic carbocycles. The van der Waals surface area contributed by atoms with Gasteiger partial charge in [-0.15, -0.1) is 4.37 Å². The lowest BCUT2D eigenvalue weighted by Crippen LogP contribution is -2.42. The molecule has 1 atom stereocenters. The van der Waals surface area contributed by atoms with Crippen molar-refractivity contribution < 1.29 is 35.1 Å². The lowest BCUT2D eigenvalue weighted by Gasteiger charge is -2.27. The fourth-order valence-corrected chi connectivity index (χ4v) is 1.63. The summed E-state index contributed by atoms with van der Waals surface area (Å²) in [4.78, 5) is 0.453. The Labute approximate surface area is 150 Å². The van der Waals surface area contributed by atoms with Crippen LogP contribution in [0.1, 0.15) is 41.2 Å². The van der Waals surface area contributed by atoms with Crippen molar-refractivity contribution in [2.24, 2.45) is 0 Å². The molecule has 1 saturated heterocycles. The fraction of sp³-hybridized carbons (Fsp3) is 0.846. The van der Waals surface area contributed by atoms with E-state index >= 15 is 0 Å². The predicted molar refractivity (Wildman–Crippen MR) is 82.2 cm³/mol. The van der Waals surface area contributed by atoms with Crippen molar-refractivity contribution in [1.29, 1.82) is 0 Å². The Bertz CT molecular complexity index is 918. The zero-order chi connectivity index (χ0) is 28.4. The number of nitrogens with zero attached hydrogens (tertiary/aromatic N) is 3. The molecule has 1 aromatic heterocycles. The minimum Gasteiger partial charge on any atom is -0.472 e. The van der Waals surface area contributed by atoms with Crippen LogP contribution in [0.3, 0.4) is 0 Å². The van der Waals surface area contributed by atoms with Gasteiger partial charge in [0.05, 0.1) is 34.5 Å². The molecule has 0 bridgehead atoms. The molecule has 1 aromatic rings. The van der Waals surface area contributed by atoms with Crippen molar-refractivity contribution in [2.45, 2.75) is 32.2 Å². The zero-order valence-corrected chi connectivity index (χ0v) is 11.7. The van der Waals surface area contributed by atoms with Gasteiger partial charge in [0.15, 0.2) is 0 Å². The van der Waals surface area contributed by atoms with Crippen LogP contribution >= 0.6 is 11.7 Å². The topological polar surface area (TPSA) is 79.7 Å². The molecule has 0 spiro atoms. The number of morpholine rings is 1. The van der Waals surface area contributed by atoms with Gasteiger partial charge in [-0.05, 0) is 20.6 Å². The summed E-state index contributed by atoms with van der Waals surface area (Å²) in [5, 5.41) is 12.2. The molecule has 1 fully saturated rings. The van der Waals surface area contributed by atoms with Crippen LogP contribution in [0.4, 0.5) is 5.82 Å². The Morgan fingerprint density at radius 3 is 3.14 bits per heavy atom. The molecule has 2 N–H and O–H groups in total. The highest BCUT2D eigenvalue weighted by Crippen LogP contribution is 2.26. The molecular weight excluding hydrogens is 292 g/mol. The average molecular weight is 332 g/mol. The van der Waals surface area contributed by atoms with Crippen LogP contribution in [0.2, 0.25) is 0 Å². The fourth-order valence-electron chi connectivity index (χ4n) is 1.16. The minimum atomic E-state index is -4.05. The van der Waals surface area contributed by atoms with Crippen LogP contribution in [0.15, 0.2) is 0 Å². The van der Waals surface area contributed by atoms with Gasteiger partial charge in [0.25, 0.3) is 5.88 Å². The van der Waals surface area contributed by atoms with Crippen molar-refractivity contribution in [3.63, 3.8) is 0 Å². The van der Waals surface area contributed by atoms with E-state index < -0.39 is 76.3 Å². The monoisotopic (exact) mass is 331 g/mol. The summed E-state index contributed by atoms with van der Waals surface area (Å²) < 4.78 is 135. The van der Waals surface area contributed by atoms with Crippen molar-refractivity contribution in [3.05, 3.63) is 0 Å². The number of nitrogens with one attached hydrogen (secondary N) is 1. The number of aliphatic hydroxyl groups is 1. The first-order chi connectivity index (χ1) is 15.7. The van der Waals surface area contributed by atoms with Crippen molar-refractivity contribution in [1.82, 2.24) is 14.1 Å². The van der Waals surface area contributed by atoms with Crippen molar-refractivity contribution >= 4 is 17.5 Å². The Morgan fingerprint density at radius 1 is 1.67 bits per heavy atom. The number of β-amino-alcohol motifs (C(OH)–C–C–N with tert-alkyl or cyclic N) is 1. The van der Waals surface area contributed by atoms with E-state index in [1.165, 1.54) is 0 Å². The van der Waals surface area contributed by atoms with E-state index in [9.17, 15) is 5.11 Å². The summed E-state index contributed by atoms with van der Waals surface area (Å²) in [6.45, 7) is -20.1. The predicted octanol–water partition coefficient (Wildman–Crippen LogP) is 0.502. The van der Waals surface area contributed by atoms with Crippen molar-refractivity contribution in [2.75, 3.05) is 44.2 Å². The van der Waals surface area contributed by atoms with Gasteiger partial charge in [-0.25, -0.2) is 0 Å². The molecule has 0 radical (unpaired) electrons. The lowest BCUT2D eigenvalue weighted by atomic mass is 10.1. The summed E-state index contributed by atoms with van der Waals surface area (Å²) in [6.07, 6.45) is -4.05. The molecule has 0 amide bonds. The normalized spacial score (nSPS) is 37.2. The Hall–Kier alpha value is -0.960. The maximum atomic E-state index is 10.6. The quantitative estimate of drug-likeness (QED) is 0.786. The molecule has 21 heavy (non-hydrogen) atoms. The average Bonchev–Trinajstić information content (AvgIpc) is 3.04. The number of anilines is 1. The number of hydrogen-bond donors (Lipinski definition) is 2. The SMILES string of the molecule is [2H]C1([2H])COCC([2H])([2H])N1c1nsnc1OC([2H])([2H])[C@@]([2H])(O)C([2H])([2H])NC(C)(C([2H])([2H])[2H])C([2H])([2H])[2H]. The molecule has 2 heterocycles. The van der Waals surface area contributed by atoms with Crippen LogP contribution in [0, 0.1) is 0 Å². The third-order valence-electron chi connectivity index (χ3n) is 1.98. The van der Waals surface area contributed by atoms with Gasteiger partial charge in [-0.2, -0.15) is 4.37 Å². The molecule has 0 unspecified atom stereocenters. The standard InChI is InChI=1S/C13H24N4O3S/c1-13(2,3)14-8-10(18)9-20-12-11(15-21-16-12)17-4-6-19-7-5-17/h10,14,18H,4-9H2,1-3H3/t10-/m0/s1/i1D3,2D3,4D2,5D2,8D2,9D2,10D. The Balaban J connectivity index is 2.47. The number of aromatic nitrogens is 2. The first-order valence-electron chi connectivity index (χ1n) is 13.1. The third kappa shape index (κ3) is 5.39. The van der Waals surface area contributed by atoms with E-state index in [4.69, 9.17) is 30.0 Å². The van der Waals surface area contributed by atoms with E-state index in [1.54, 1.807) is 5.32 Å². The molecule has 0 aliphatic carbocycles. The maximum absolute atomic E-state index is 10.6. The lowest BCUT2D eigenvalue weighted by molar-refractivity contribution is 0.0975. The first-order valence-corrected chi connectivity index (χ1v) is 6.38. The second-order valence-corrected chi connectivity index (χ2v) is 4.49. The van der Waals surface area contributed by atoms with E-state index in [0.29, 0.717) is 23.6 Å². The molecule has 2 rings (SSSR count). The second-order valence-electron chi connectivity index (χ2n) is 3.97. The molecule has 120 valence electrons. The van der Waals surface area contributed by atoms with Gasteiger partial charge in [-0.1, -0.05) is 0 Å². The van der Waals surface area contributed by atoms with Crippen LogP contribution in [-0.4, -0.2) is 64.7 Å². The first kappa shape index (κ1) is 5.59. The van der Waals surface area contributed by atoms with Crippen LogP contribution in [0.5, 0.6) is 5.88 Å². The zero-order valence-electron chi connectivity index (χ0n) is 25.9. The van der Waals surface area contributed by atoms with Gasteiger partial charge >= 0.3 is 0 Å². The smallest absolute Gasteiger partial charge is 0.270 e. The van der Waals surface area contributed by atoms with E-state index in [1.807, 2.05) is 0 Å². The molecule has 1 aliphatic rings. The van der Waals surface area contributed by atoms with Crippen LogP contribution < -0.4 is 15.0 Å². The summed E-state index contributed by atoms with van der Waals surface area (Å²) >= 11 is 0.328. The van der Waals surface area contributed by atoms with Crippen LogP contribution in [-0.2, 0) is 4.74 Å². The number of ether oxygens (including phenoxy) is 2. The summed E-state index contributed by atoms with van der Waals surface area (Å²) in [7, 11) is 0. The summed E-state index contributed by atoms with van der Waals surface area (Å²) in [6, 6.07) is 0. The highest BCUT2D eigenvalue weighted by Gasteiger charge is 2.21. The molecule has 8 heteroatoms. The van der Waals surface area contributed by atoms with E-state index in [0.717, 1.165) is 0 Å². The maximum Gasteiger partial charge on any atom is 0.270 e. The largest absolute Gasteiger partial charge is 0.472 e. The molecule has 0 saturated carbocycles. The molecule has 1 aliphatic heterocycles. The second kappa shape index (κ2) is 7.35. The molecule has 7 nitrogen and oxygen atoms in total. The van der Waals surface area contributed by atoms with Crippen LogP contribution in [0.25, 0.3) is 0 Å². The van der Waals surface area contributed by atoms with E-state index in [2.05, 4.69) is 8.75 Å². The summed E-state index contributed by atoms with van der Waals surface area (Å²) in [5.41, 5.74) is -3.05. The van der Waals surface area contributed by atoms with Gasteiger partial charge in [0.1, 0.15) is 12.6 Å². The molecular formula is C13H24N4O3S. The highest BCUT2D eigenvalue weighted by atomic mass is 32.1. The minimum absolute atomic E-state index is 0.328. The summed E-state index contributed by atoms with van der Waals surface area (Å²) in [5.74, 6) is -1.60. The van der Waals surface area contributed by atoms with Gasteiger partial charge in [0.2, 0.25) is 5.82 Å². The third-order valence-corrected chi connectivity index (χ3v) is 2.48.